The zero-order valence-electron chi connectivity index (χ0n) is 18.9. The summed E-state index contributed by atoms with van der Waals surface area (Å²) in [4.78, 5) is 31.0. The van der Waals surface area contributed by atoms with Crippen molar-refractivity contribution < 1.29 is 4.79 Å². The summed E-state index contributed by atoms with van der Waals surface area (Å²) in [5.74, 6) is 0.481. The number of hydrogen-bond donors (Lipinski definition) is 2. The second-order valence-corrected chi connectivity index (χ2v) is 8.76. The number of fused-ring (bicyclic) bond motifs is 3. The van der Waals surface area contributed by atoms with Crippen LogP contribution in [-0.2, 0) is 11.8 Å². The van der Waals surface area contributed by atoms with E-state index in [4.69, 9.17) is 4.98 Å². The molecule has 0 saturated heterocycles. The quantitative estimate of drug-likeness (QED) is 0.470. The monoisotopic (exact) mass is 443 g/mol. The van der Waals surface area contributed by atoms with E-state index in [9.17, 15) is 9.59 Å². The molecule has 5 rings (SSSR count). The van der Waals surface area contributed by atoms with Gasteiger partial charge in [0.05, 0.1) is 11.2 Å². The van der Waals surface area contributed by atoms with Crippen LogP contribution in [-0.4, -0.2) is 32.6 Å². The van der Waals surface area contributed by atoms with Crippen molar-refractivity contribution in [3.05, 3.63) is 65.0 Å². The molecule has 1 fully saturated rings. The predicted molar refractivity (Wildman–Crippen MR) is 132 cm³/mol. The maximum atomic E-state index is 13.7. The Kier molecular flexibility index (Phi) is 5.86. The number of para-hydroxylation sites is 2. The Morgan fingerprint density at radius 2 is 1.76 bits per heavy atom. The van der Waals surface area contributed by atoms with Gasteiger partial charge in [-0.2, -0.15) is 0 Å². The molecule has 0 radical (unpaired) electrons. The summed E-state index contributed by atoms with van der Waals surface area (Å²) in [6.45, 7) is 0.397. The number of rotatable bonds is 6. The molecule has 1 aliphatic carbocycles. The molecule has 1 aliphatic rings. The molecule has 2 N–H and O–H groups in total. The number of carbonyl (C=O) groups is 1. The van der Waals surface area contributed by atoms with Crippen molar-refractivity contribution >= 4 is 33.8 Å². The largest absolute Gasteiger partial charge is 0.355 e. The van der Waals surface area contributed by atoms with Crippen LogP contribution in [0.1, 0.15) is 38.5 Å². The highest BCUT2D eigenvalue weighted by atomic mass is 16.1. The third-order valence-corrected chi connectivity index (χ3v) is 6.54. The lowest BCUT2D eigenvalue weighted by Gasteiger charge is -2.22. The Bertz CT molecular complexity index is 1350. The predicted octanol–water partition coefficient (Wildman–Crippen LogP) is 4.13. The first-order chi connectivity index (χ1) is 16.1. The summed E-state index contributed by atoms with van der Waals surface area (Å²) in [7, 11) is 1.89. The molecular weight excluding hydrogens is 414 g/mol. The molecule has 0 spiro atoms. The molecule has 2 heterocycles. The molecule has 0 unspecified atom stereocenters. The topological polar surface area (TPSA) is 81.0 Å². The third-order valence-electron chi connectivity index (χ3n) is 6.54. The van der Waals surface area contributed by atoms with Crippen molar-refractivity contribution in [2.24, 2.45) is 7.05 Å². The summed E-state index contributed by atoms with van der Waals surface area (Å²) >= 11 is 0. The summed E-state index contributed by atoms with van der Waals surface area (Å²) in [5.41, 5.74) is 2.77. The molecule has 2 aromatic carbocycles. The zero-order chi connectivity index (χ0) is 22.8. The molecule has 2 aromatic heterocycles. The van der Waals surface area contributed by atoms with Gasteiger partial charge in [-0.15, -0.1) is 0 Å². The van der Waals surface area contributed by atoms with E-state index in [2.05, 4.69) is 10.6 Å². The molecule has 1 saturated carbocycles. The van der Waals surface area contributed by atoms with Crippen molar-refractivity contribution in [3.8, 4) is 5.69 Å². The lowest BCUT2D eigenvalue weighted by molar-refractivity contribution is -0.121. The van der Waals surface area contributed by atoms with Crippen LogP contribution in [0.4, 0.5) is 5.95 Å². The van der Waals surface area contributed by atoms with Gasteiger partial charge < -0.3 is 15.2 Å². The number of aryl methyl sites for hydroxylation is 1. The zero-order valence-corrected chi connectivity index (χ0v) is 18.9. The van der Waals surface area contributed by atoms with Gasteiger partial charge in [0.25, 0.3) is 5.56 Å². The minimum Gasteiger partial charge on any atom is -0.355 e. The molecule has 7 heteroatoms. The van der Waals surface area contributed by atoms with E-state index in [1.165, 1.54) is 19.3 Å². The van der Waals surface area contributed by atoms with Gasteiger partial charge in [-0.25, -0.2) is 9.55 Å². The van der Waals surface area contributed by atoms with Crippen LogP contribution in [0.15, 0.2) is 59.4 Å². The number of amides is 1. The summed E-state index contributed by atoms with van der Waals surface area (Å²) in [6.07, 6.45) is 6.07. The van der Waals surface area contributed by atoms with Crippen LogP contribution >= 0.6 is 0 Å². The van der Waals surface area contributed by atoms with E-state index in [1.54, 1.807) is 4.57 Å². The molecule has 33 heavy (non-hydrogen) atoms. The lowest BCUT2D eigenvalue weighted by atomic mass is 9.95. The van der Waals surface area contributed by atoms with E-state index in [1.807, 2.05) is 66.2 Å². The van der Waals surface area contributed by atoms with Crippen molar-refractivity contribution in [2.45, 2.75) is 44.6 Å². The smallest absolute Gasteiger partial charge is 0.284 e. The number of anilines is 1. The number of benzene rings is 2. The average Bonchev–Trinajstić information content (AvgIpc) is 3.13. The van der Waals surface area contributed by atoms with Crippen molar-refractivity contribution in [3.63, 3.8) is 0 Å². The highest BCUT2D eigenvalue weighted by Gasteiger charge is 2.19. The molecule has 0 bridgehead atoms. The first-order valence-corrected chi connectivity index (χ1v) is 11.7. The van der Waals surface area contributed by atoms with E-state index < -0.39 is 0 Å². The Hall–Kier alpha value is -3.61. The Labute approximate surface area is 192 Å². The minimum atomic E-state index is -0.140. The second kappa shape index (κ2) is 9.10. The number of nitrogens with one attached hydrogen (secondary N) is 2. The maximum absolute atomic E-state index is 13.7. The van der Waals surface area contributed by atoms with Gasteiger partial charge in [0.1, 0.15) is 11.0 Å². The minimum absolute atomic E-state index is 0.0363. The highest BCUT2D eigenvalue weighted by molar-refractivity contribution is 6.05. The molecule has 0 aliphatic heterocycles. The fourth-order valence-electron chi connectivity index (χ4n) is 4.86. The fourth-order valence-corrected chi connectivity index (χ4v) is 4.86. The van der Waals surface area contributed by atoms with Crippen molar-refractivity contribution in [1.82, 2.24) is 19.4 Å². The Morgan fingerprint density at radius 3 is 2.55 bits per heavy atom. The summed E-state index contributed by atoms with van der Waals surface area (Å²) in [6, 6.07) is 17.7. The number of aromatic nitrogens is 3. The van der Waals surface area contributed by atoms with Crippen LogP contribution in [0.3, 0.4) is 0 Å². The highest BCUT2D eigenvalue weighted by Crippen LogP contribution is 2.26. The summed E-state index contributed by atoms with van der Waals surface area (Å²) < 4.78 is 3.50. The van der Waals surface area contributed by atoms with Gasteiger partial charge in [-0.1, -0.05) is 55.7 Å². The van der Waals surface area contributed by atoms with E-state index in [0.717, 1.165) is 29.4 Å². The standard InChI is InChI=1S/C26H29N5O2/c1-30-21-15-9-8-14-20(21)23-24(30)25(33)31(19-12-6-3-7-13-19)26(29-23)27-17-16-22(32)28-18-10-4-2-5-11-18/h3,6-9,12-15,18H,2,4-5,10-11,16-17H2,1H3,(H,27,29)(H,28,32). The summed E-state index contributed by atoms with van der Waals surface area (Å²) in [5, 5.41) is 7.35. The van der Waals surface area contributed by atoms with Crippen molar-refractivity contribution in [1.29, 1.82) is 0 Å². The van der Waals surface area contributed by atoms with E-state index in [0.29, 0.717) is 36.0 Å². The Morgan fingerprint density at radius 1 is 1.03 bits per heavy atom. The SMILES string of the molecule is Cn1c2ccccc2c2nc(NCCC(=O)NC3CCCCC3)n(-c3ccccc3)c(=O)c21. The first kappa shape index (κ1) is 21.2. The van der Waals surface area contributed by atoms with E-state index in [-0.39, 0.29) is 11.5 Å². The average molecular weight is 444 g/mol. The molecular formula is C26H29N5O2. The Balaban J connectivity index is 1.48. The van der Waals surface area contributed by atoms with Crippen LogP contribution in [0.25, 0.3) is 27.6 Å². The van der Waals surface area contributed by atoms with E-state index >= 15 is 0 Å². The molecule has 7 nitrogen and oxygen atoms in total. The first-order valence-electron chi connectivity index (χ1n) is 11.7. The van der Waals surface area contributed by atoms with Gasteiger partial charge in [0, 0.05) is 31.4 Å². The lowest BCUT2D eigenvalue weighted by Crippen LogP contribution is -2.37. The maximum Gasteiger partial charge on any atom is 0.284 e. The normalized spacial score (nSPS) is 14.6. The fraction of sp³-hybridized carbons (Fsp3) is 0.346. The van der Waals surface area contributed by atoms with Crippen LogP contribution in [0.2, 0.25) is 0 Å². The van der Waals surface area contributed by atoms with Crippen LogP contribution in [0, 0.1) is 0 Å². The number of nitrogens with zero attached hydrogens (tertiary/aromatic N) is 3. The number of carbonyl (C=O) groups excluding carboxylic acids is 1. The van der Waals surface area contributed by atoms with Gasteiger partial charge in [0.15, 0.2) is 0 Å². The van der Waals surface area contributed by atoms with Crippen LogP contribution < -0.4 is 16.2 Å². The molecule has 0 atom stereocenters. The molecule has 1 amide bonds. The van der Waals surface area contributed by atoms with Gasteiger partial charge in [-0.3, -0.25) is 9.59 Å². The molecule has 4 aromatic rings. The molecule has 170 valence electrons. The van der Waals surface area contributed by atoms with Gasteiger partial charge in [-0.05, 0) is 31.0 Å². The van der Waals surface area contributed by atoms with Crippen LogP contribution in [0.5, 0.6) is 0 Å². The third kappa shape index (κ3) is 4.11. The van der Waals surface area contributed by atoms with Crippen molar-refractivity contribution in [2.75, 3.05) is 11.9 Å². The number of hydrogen-bond acceptors (Lipinski definition) is 4. The second-order valence-electron chi connectivity index (χ2n) is 8.76. The van der Waals surface area contributed by atoms with Gasteiger partial charge in [0.2, 0.25) is 11.9 Å². The van der Waals surface area contributed by atoms with Gasteiger partial charge >= 0.3 is 0 Å².